The van der Waals surface area contributed by atoms with Crippen molar-refractivity contribution in [1.82, 2.24) is 19.7 Å². The molecule has 0 amide bonds. The van der Waals surface area contributed by atoms with Crippen LogP contribution in [0.25, 0.3) is 32.9 Å². The maximum Gasteiger partial charge on any atom is 0.182 e. The minimum absolute atomic E-state index is 0.00379. The van der Waals surface area contributed by atoms with Crippen LogP contribution in [-0.2, 0) is 7.05 Å². The van der Waals surface area contributed by atoms with Crippen molar-refractivity contribution in [3.63, 3.8) is 0 Å². The van der Waals surface area contributed by atoms with Crippen LogP contribution in [0.2, 0.25) is 0 Å². The molecule has 0 bridgehead atoms. The van der Waals surface area contributed by atoms with Crippen molar-refractivity contribution < 1.29 is 9.84 Å². The maximum absolute atomic E-state index is 8.86. The van der Waals surface area contributed by atoms with Crippen LogP contribution in [0.5, 0.6) is 5.75 Å². The molecule has 0 aliphatic carbocycles. The molecule has 3 heterocycles. The van der Waals surface area contributed by atoms with Gasteiger partial charge in [-0.1, -0.05) is 0 Å². The van der Waals surface area contributed by atoms with E-state index in [0.29, 0.717) is 5.65 Å². The summed E-state index contributed by atoms with van der Waals surface area (Å²) >= 11 is 1.60. The van der Waals surface area contributed by atoms with E-state index in [2.05, 4.69) is 16.1 Å². The smallest absolute Gasteiger partial charge is 0.182 e. The van der Waals surface area contributed by atoms with E-state index >= 15 is 0 Å². The summed E-state index contributed by atoms with van der Waals surface area (Å²) in [4.78, 5) is 9.23. The SMILES string of the molecule is Cc1c2c(-c3nccs3)cc(-c3ccc(OCCO)cc3)nc2nn1C. The highest BCUT2D eigenvalue weighted by atomic mass is 32.1. The lowest BCUT2D eigenvalue weighted by Crippen LogP contribution is -2.01. The number of aliphatic hydroxyl groups is 1. The first-order valence-electron chi connectivity index (χ1n) is 8.25. The van der Waals surface area contributed by atoms with E-state index in [1.807, 2.05) is 54.5 Å². The van der Waals surface area contributed by atoms with E-state index < -0.39 is 0 Å². The summed E-state index contributed by atoms with van der Waals surface area (Å²) in [5.74, 6) is 0.720. The third-order valence-electron chi connectivity index (χ3n) is 4.27. The molecule has 0 aliphatic heterocycles. The van der Waals surface area contributed by atoms with Gasteiger partial charge in [0.05, 0.1) is 17.7 Å². The predicted molar refractivity (Wildman–Crippen MR) is 102 cm³/mol. The summed E-state index contributed by atoms with van der Waals surface area (Å²) in [5, 5.41) is 17.4. The molecular formula is C19H18N4O2S. The molecule has 0 unspecified atom stereocenters. The Bertz CT molecular complexity index is 1040. The number of hydrogen-bond donors (Lipinski definition) is 1. The van der Waals surface area contributed by atoms with Crippen molar-refractivity contribution in [3.8, 4) is 27.6 Å². The number of hydrogen-bond acceptors (Lipinski definition) is 6. The fraction of sp³-hybridized carbons (Fsp3) is 0.211. The highest BCUT2D eigenvalue weighted by Crippen LogP contribution is 2.34. The number of aliphatic hydroxyl groups excluding tert-OH is 1. The van der Waals surface area contributed by atoms with Crippen LogP contribution < -0.4 is 4.74 Å². The molecule has 0 saturated heterocycles. The van der Waals surface area contributed by atoms with Crippen molar-refractivity contribution >= 4 is 22.4 Å². The normalized spacial score (nSPS) is 11.2. The Morgan fingerprint density at radius 1 is 1.23 bits per heavy atom. The summed E-state index contributed by atoms with van der Waals surface area (Å²) in [6.07, 6.45) is 1.81. The molecule has 6 nitrogen and oxygen atoms in total. The molecule has 4 rings (SSSR count). The number of pyridine rings is 1. The Morgan fingerprint density at radius 3 is 2.73 bits per heavy atom. The zero-order valence-corrected chi connectivity index (χ0v) is 15.3. The number of rotatable bonds is 5. The molecule has 4 aromatic rings. The van der Waals surface area contributed by atoms with Gasteiger partial charge < -0.3 is 9.84 Å². The van der Waals surface area contributed by atoms with Crippen molar-refractivity contribution in [2.45, 2.75) is 6.92 Å². The summed E-state index contributed by atoms with van der Waals surface area (Å²) in [6.45, 7) is 2.32. The Labute approximate surface area is 154 Å². The minimum Gasteiger partial charge on any atom is -0.491 e. The Balaban J connectivity index is 1.83. The van der Waals surface area contributed by atoms with E-state index in [1.165, 1.54) is 0 Å². The van der Waals surface area contributed by atoms with Gasteiger partial charge in [-0.15, -0.1) is 11.3 Å². The van der Waals surface area contributed by atoms with Gasteiger partial charge in [-0.05, 0) is 37.3 Å². The van der Waals surface area contributed by atoms with Gasteiger partial charge in [0.15, 0.2) is 5.65 Å². The van der Waals surface area contributed by atoms with E-state index in [-0.39, 0.29) is 13.2 Å². The molecule has 0 saturated carbocycles. The summed E-state index contributed by atoms with van der Waals surface area (Å²) in [7, 11) is 1.93. The van der Waals surface area contributed by atoms with Crippen molar-refractivity contribution in [1.29, 1.82) is 0 Å². The zero-order valence-electron chi connectivity index (χ0n) is 14.5. The number of fused-ring (bicyclic) bond motifs is 1. The number of ether oxygens (including phenoxy) is 1. The van der Waals surface area contributed by atoms with Crippen LogP contribution in [0.15, 0.2) is 41.9 Å². The quantitative estimate of drug-likeness (QED) is 0.586. The average Bonchev–Trinajstić information content (AvgIpc) is 3.29. The van der Waals surface area contributed by atoms with Gasteiger partial charge in [0.2, 0.25) is 0 Å². The topological polar surface area (TPSA) is 73.1 Å². The molecule has 0 radical (unpaired) electrons. The van der Waals surface area contributed by atoms with Crippen LogP contribution in [0.3, 0.4) is 0 Å². The highest BCUT2D eigenvalue weighted by molar-refractivity contribution is 7.13. The third-order valence-corrected chi connectivity index (χ3v) is 5.07. The molecular weight excluding hydrogens is 348 g/mol. The lowest BCUT2D eigenvalue weighted by Gasteiger charge is -2.07. The maximum atomic E-state index is 8.86. The van der Waals surface area contributed by atoms with E-state index in [4.69, 9.17) is 14.8 Å². The number of aromatic nitrogens is 4. The van der Waals surface area contributed by atoms with Gasteiger partial charge in [0.25, 0.3) is 0 Å². The van der Waals surface area contributed by atoms with Crippen LogP contribution in [0.1, 0.15) is 5.69 Å². The van der Waals surface area contributed by atoms with E-state index in [0.717, 1.165) is 38.7 Å². The molecule has 3 aromatic heterocycles. The van der Waals surface area contributed by atoms with Crippen LogP contribution in [0, 0.1) is 6.92 Å². The zero-order chi connectivity index (χ0) is 18.1. The molecule has 132 valence electrons. The molecule has 0 atom stereocenters. The predicted octanol–water partition coefficient (Wildman–Crippen LogP) is 3.44. The van der Waals surface area contributed by atoms with Crippen molar-refractivity contribution in [2.24, 2.45) is 7.05 Å². The molecule has 0 spiro atoms. The largest absolute Gasteiger partial charge is 0.491 e. The fourth-order valence-electron chi connectivity index (χ4n) is 2.90. The molecule has 7 heteroatoms. The summed E-state index contributed by atoms with van der Waals surface area (Å²) in [6, 6.07) is 9.75. The fourth-order valence-corrected chi connectivity index (χ4v) is 3.56. The van der Waals surface area contributed by atoms with Crippen molar-refractivity contribution in [2.75, 3.05) is 13.2 Å². The van der Waals surface area contributed by atoms with E-state index in [1.54, 1.807) is 11.3 Å². The van der Waals surface area contributed by atoms with Crippen LogP contribution >= 0.6 is 11.3 Å². The molecule has 26 heavy (non-hydrogen) atoms. The summed E-state index contributed by atoms with van der Waals surface area (Å²) in [5.41, 5.74) is 4.65. The second kappa shape index (κ2) is 6.86. The van der Waals surface area contributed by atoms with Gasteiger partial charge in [0.1, 0.15) is 17.4 Å². The van der Waals surface area contributed by atoms with Gasteiger partial charge in [-0.2, -0.15) is 5.10 Å². The summed E-state index contributed by atoms with van der Waals surface area (Å²) < 4.78 is 7.28. The third kappa shape index (κ3) is 2.95. The average molecular weight is 366 g/mol. The van der Waals surface area contributed by atoms with Gasteiger partial charge >= 0.3 is 0 Å². The molecule has 1 aromatic carbocycles. The number of benzene rings is 1. The van der Waals surface area contributed by atoms with E-state index in [9.17, 15) is 0 Å². The first-order valence-corrected chi connectivity index (χ1v) is 9.13. The number of thiazole rings is 1. The minimum atomic E-state index is -0.00379. The van der Waals surface area contributed by atoms with Crippen molar-refractivity contribution in [3.05, 3.63) is 47.6 Å². The molecule has 1 N–H and O–H groups in total. The Kier molecular flexibility index (Phi) is 4.40. The lowest BCUT2D eigenvalue weighted by atomic mass is 10.1. The second-order valence-electron chi connectivity index (χ2n) is 5.90. The number of nitrogens with zero attached hydrogens (tertiary/aromatic N) is 4. The first-order chi connectivity index (χ1) is 12.7. The Morgan fingerprint density at radius 2 is 2.04 bits per heavy atom. The monoisotopic (exact) mass is 366 g/mol. The van der Waals surface area contributed by atoms with Crippen LogP contribution in [-0.4, -0.2) is 38.1 Å². The van der Waals surface area contributed by atoms with Gasteiger partial charge in [0, 0.05) is 35.4 Å². The lowest BCUT2D eigenvalue weighted by molar-refractivity contribution is 0.201. The standard InChI is InChI=1S/C19H18N4O2S/c1-12-17-15(19-20-7-10-26-19)11-16(21-18(17)22-23(12)2)13-3-5-14(6-4-13)25-9-8-24/h3-7,10-11,24H,8-9H2,1-2H3. The second-order valence-corrected chi connectivity index (χ2v) is 6.79. The van der Waals surface area contributed by atoms with Gasteiger partial charge in [-0.25, -0.2) is 9.97 Å². The Hall–Kier alpha value is -2.77. The highest BCUT2D eigenvalue weighted by Gasteiger charge is 2.17. The number of aryl methyl sites for hydroxylation is 2. The first kappa shape index (κ1) is 16.7. The molecule has 0 fully saturated rings. The van der Waals surface area contributed by atoms with Gasteiger partial charge in [-0.3, -0.25) is 4.68 Å². The van der Waals surface area contributed by atoms with Crippen LogP contribution in [0.4, 0.5) is 0 Å². The molecule has 0 aliphatic rings.